The van der Waals surface area contributed by atoms with Crippen molar-refractivity contribution in [3.63, 3.8) is 0 Å². The molecule has 0 amide bonds. The lowest BCUT2D eigenvalue weighted by Crippen LogP contribution is -2.46. The zero-order chi connectivity index (χ0) is 21.3. The van der Waals surface area contributed by atoms with E-state index < -0.39 is 11.7 Å². The number of benzene rings is 2. The van der Waals surface area contributed by atoms with E-state index in [2.05, 4.69) is 28.1 Å². The quantitative estimate of drug-likeness (QED) is 0.642. The van der Waals surface area contributed by atoms with Crippen LogP contribution in [-0.4, -0.2) is 52.4 Å². The summed E-state index contributed by atoms with van der Waals surface area (Å²) in [6.45, 7) is 2.31. The zero-order valence-corrected chi connectivity index (χ0v) is 17.8. The Bertz CT molecular complexity index is 1060. The summed E-state index contributed by atoms with van der Waals surface area (Å²) in [4.78, 5) is 6.72. The Morgan fingerprint density at radius 1 is 1.03 bits per heavy atom. The maximum atomic E-state index is 11.2. The fourth-order valence-electron chi connectivity index (χ4n) is 4.90. The van der Waals surface area contributed by atoms with Crippen LogP contribution in [0.15, 0.2) is 54.7 Å². The first-order chi connectivity index (χ1) is 15.1. The average Bonchev–Trinajstić information content (AvgIpc) is 3.27. The number of ether oxygens (including phenoxy) is 1. The molecule has 2 aromatic carbocycles. The molecule has 5 nitrogen and oxygen atoms in total. The van der Waals surface area contributed by atoms with Gasteiger partial charge in [-0.05, 0) is 67.5 Å². The number of aromatic nitrogens is 1. The van der Waals surface area contributed by atoms with E-state index in [0.717, 1.165) is 48.1 Å². The molecule has 0 bridgehead atoms. The van der Waals surface area contributed by atoms with Crippen LogP contribution < -0.4 is 4.74 Å². The number of aliphatic hydroxyl groups is 2. The summed E-state index contributed by atoms with van der Waals surface area (Å²) in [7, 11) is 0. The molecule has 162 valence electrons. The Morgan fingerprint density at radius 2 is 1.84 bits per heavy atom. The molecule has 2 N–H and O–H groups in total. The summed E-state index contributed by atoms with van der Waals surface area (Å²) in [6.07, 6.45) is 6.01. The van der Waals surface area contributed by atoms with Crippen LogP contribution in [0, 0.1) is 0 Å². The number of hydrogen-bond acceptors (Lipinski definition) is 5. The number of pyridine rings is 1. The van der Waals surface area contributed by atoms with Crippen molar-refractivity contribution < 1.29 is 14.9 Å². The van der Waals surface area contributed by atoms with E-state index in [-0.39, 0.29) is 6.61 Å². The molecule has 1 aliphatic carbocycles. The normalized spacial score (nSPS) is 19.3. The largest absolute Gasteiger partial charge is 0.491 e. The molecule has 2 aliphatic rings. The third-order valence-corrected chi connectivity index (χ3v) is 6.79. The van der Waals surface area contributed by atoms with E-state index in [1.807, 2.05) is 30.3 Å². The van der Waals surface area contributed by atoms with E-state index in [0.29, 0.717) is 19.4 Å². The highest BCUT2D eigenvalue weighted by Crippen LogP contribution is 2.34. The van der Waals surface area contributed by atoms with Gasteiger partial charge in [0.2, 0.25) is 0 Å². The molecule has 31 heavy (non-hydrogen) atoms. The molecule has 0 saturated carbocycles. The van der Waals surface area contributed by atoms with Crippen molar-refractivity contribution >= 4 is 10.9 Å². The molecular formula is C26H30N2O3. The van der Waals surface area contributed by atoms with Gasteiger partial charge in [0.25, 0.3) is 0 Å². The number of β-amino-alcohol motifs (C(OH)–C–C–N with tert-alkyl or cyclic N) is 1. The molecular weight excluding hydrogens is 388 g/mol. The molecule has 5 rings (SSSR count). The molecule has 3 aromatic rings. The van der Waals surface area contributed by atoms with Crippen LogP contribution in [0.2, 0.25) is 0 Å². The standard InChI is InChI=1S/C26H30N2O3/c29-23(18-31-24-9-8-19-5-3-6-20(19)15-24)17-28-12-10-26(30,11-13-28)22-14-21-4-1-2-7-25(21)27-16-22/h1-2,4,7-9,14-16,23,29-30H,3,5-6,10-13,17-18H2/t23-/m0/s1. The predicted octanol–water partition coefficient (Wildman–Crippen LogP) is 3.45. The van der Waals surface area contributed by atoms with Crippen molar-refractivity contribution in [1.82, 2.24) is 9.88 Å². The number of piperidine rings is 1. The second-order valence-electron chi connectivity index (χ2n) is 9.00. The van der Waals surface area contributed by atoms with Crippen molar-refractivity contribution in [2.45, 2.75) is 43.8 Å². The van der Waals surface area contributed by atoms with E-state index in [1.54, 1.807) is 6.20 Å². The van der Waals surface area contributed by atoms with Crippen LogP contribution >= 0.6 is 0 Å². The minimum Gasteiger partial charge on any atom is -0.491 e. The summed E-state index contributed by atoms with van der Waals surface area (Å²) >= 11 is 0. The van der Waals surface area contributed by atoms with Gasteiger partial charge in [-0.3, -0.25) is 4.98 Å². The Labute approximate surface area is 183 Å². The molecule has 0 unspecified atom stereocenters. The van der Waals surface area contributed by atoms with Crippen LogP contribution in [-0.2, 0) is 18.4 Å². The predicted molar refractivity (Wildman–Crippen MR) is 121 cm³/mol. The first-order valence-electron chi connectivity index (χ1n) is 11.3. The fraction of sp³-hybridized carbons (Fsp3) is 0.423. The summed E-state index contributed by atoms with van der Waals surface area (Å²) in [6, 6.07) is 16.3. The summed E-state index contributed by atoms with van der Waals surface area (Å²) in [5.74, 6) is 0.844. The minimum absolute atomic E-state index is 0.286. The van der Waals surface area contributed by atoms with Crippen LogP contribution in [0.5, 0.6) is 5.75 Å². The molecule has 1 atom stereocenters. The van der Waals surface area contributed by atoms with E-state index in [1.165, 1.54) is 17.5 Å². The number of para-hydroxylation sites is 1. The van der Waals surface area contributed by atoms with Crippen LogP contribution in [0.3, 0.4) is 0 Å². The van der Waals surface area contributed by atoms with Crippen LogP contribution in [0.25, 0.3) is 10.9 Å². The van der Waals surface area contributed by atoms with Gasteiger partial charge in [-0.1, -0.05) is 24.3 Å². The third-order valence-electron chi connectivity index (χ3n) is 6.79. The average molecular weight is 419 g/mol. The summed E-state index contributed by atoms with van der Waals surface area (Å²) in [5.41, 5.74) is 3.77. The monoisotopic (exact) mass is 418 g/mol. The number of likely N-dealkylation sites (tertiary alicyclic amines) is 1. The van der Waals surface area contributed by atoms with Gasteiger partial charge >= 0.3 is 0 Å². The highest BCUT2D eigenvalue weighted by molar-refractivity contribution is 5.78. The van der Waals surface area contributed by atoms with Crippen molar-refractivity contribution in [1.29, 1.82) is 0 Å². The Hall–Kier alpha value is -2.47. The lowest BCUT2D eigenvalue weighted by molar-refractivity contribution is -0.0373. The van der Waals surface area contributed by atoms with E-state index in [9.17, 15) is 10.2 Å². The van der Waals surface area contributed by atoms with Crippen molar-refractivity contribution in [2.75, 3.05) is 26.2 Å². The zero-order valence-electron chi connectivity index (χ0n) is 17.8. The van der Waals surface area contributed by atoms with Gasteiger partial charge in [0.1, 0.15) is 18.5 Å². The van der Waals surface area contributed by atoms with Crippen molar-refractivity contribution in [2.24, 2.45) is 0 Å². The number of aliphatic hydroxyl groups excluding tert-OH is 1. The number of rotatable bonds is 6. The fourth-order valence-corrected chi connectivity index (χ4v) is 4.90. The first-order valence-corrected chi connectivity index (χ1v) is 11.3. The molecule has 1 saturated heterocycles. The lowest BCUT2D eigenvalue weighted by atomic mass is 9.84. The number of fused-ring (bicyclic) bond motifs is 2. The summed E-state index contributed by atoms with van der Waals surface area (Å²) in [5, 5.41) is 22.8. The van der Waals surface area contributed by atoms with Gasteiger partial charge in [-0.15, -0.1) is 0 Å². The molecule has 5 heteroatoms. The minimum atomic E-state index is -0.862. The Kier molecular flexibility index (Phi) is 5.65. The second kappa shape index (κ2) is 8.58. The molecule has 0 spiro atoms. The number of nitrogens with zero attached hydrogens (tertiary/aromatic N) is 2. The summed E-state index contributed by atoms with van der Waals surface area (Å²) < 4.78 is 5.85. The topological polar surface area (TPSA) is 65.8 Å². The van der Waals surface area contributed by atoms with Crippen LogP contribution in [0.4, 0.5) is 0 Å². The van der Waals surface area contributed by atoms with Gasteiger partial charge in [0, 0.05) is 36.8 Å². The van der Waals surface area contributed by atoms with Gasteiger partial charge in [0.05, 0.1) is 11.1 Å². The molecule has 1 aromatic heterocycles. The molecule has 1 fully saturated rings. The molecule has 1 aliphatic heterocycles. The van der Waals surface area contributed by atoms with Crippen molar-refractivity contribution in [3.8, 4) is 5.75 Å². The van der Waals surface area contributed by atoms with E-state index in [4.69, 9.17) is 4.74 Å². The molecule has 2 heterocycles. The number of aryl methyl sites for hydroxylation is 2. The maximum Gasteiger partial charge on any atom is 0.119 e. The first kappa shape index (κ1) is 20.4. The van der Waals surface area contributed by atoms with E-state index >= 15 is 0 Å². The Morgan fingerprint density at radius 3 is 2.71 bits per heavy atom. The Balaban J connectivity index is 1.14. The lowest BCUT2D eigenvalue weighted by Gasteiger charge is -2.39. The van der Waals surface area contributed by atoms with Crippen molar-refractivity contribution in [3.05, 3.63) is 71.4 Å². The number of hydrogen-bond donors (Lipinski definition) is 2. The van der Waals surface area contributed by atoms with Gasteiger partial charge in [-0.2, -0.15) is 0 Å². The maximum absolute atomic E-state index is 11.2. The van der Waals surface area contributed by atoms with Gasteiger partial charge in [0.15, 0.2) is 0 Å². The van der Waals surface area contributed by atoms with Gasteiger partial charge < -0.3 is 19.8 Å². The van der Waals surface area contributed by atoms with Gasteiger partial charge in [-0.25, -0.2) is 0 Å². The highest BCUT2D eigenvalue weighted by atomic mass is 16.5. The SMILES string of the molecule is O[C@H](COc1ccc2c(c1)CCC2)CN1CCC(O)(c2cnc3ccccc3c2)CC1. The third kappa shape index (κ3) is 4.45. The molecule has 0 radical (unpaired) electrons. The smallest absolute Gasteiger partial charge is 0.119 e. The highest BCUT2D eigenvalue weighted by Gasteiger charge is 2.35. The van der Waals surface area contributed by atoms with Crippen LogP contribution in [0.1, 0.15) is 36.0 Å². The second-order valence-corrected chi connectivity index (χ2v) is 9.00.